The average Bonchev–Trinajstić information content (AvgIpc) is 2.66. The van der Waals surface area contributed by atoms with Crippen LogP contribution in [0.15, 0.2) is 53.4 Å². The second-order valence-electron chi connectivity index (χ2n) is 5.26. The van der Waals surface area contributed by atoms with Crippen molar-refractivity contribution in [3.05, 3.63) is 64.2 Å². The molecule has 0 aliphatic heterocycles. The summed E-state index contributed by atoms with van der Waals surface area (Å²) >= 11 is 1.18. The summed E-state index contributed by atoms with van der Waals surface area (Å²) in [6.45, 7) is 1.51. The van der Waals surface area contributed by atoms with E-state index < -0.39 is 17.0 Å². The summed E-state index contributed by atoms with van der Waals surface area (Å²) < 4.78 is 10.2. The second-order valence-corrected chi connectivity index (χ2v) is 6.31. The number of carbonyl (C=O) groups is 2. The number of carbonyl (C=O) groups excluding carboxylic acids is 2. The van der Waals surface area contributed by atoms with Gasteiger partial charge in [0, 0.05) is 22.6 Å². The predicted octanol–water partition coefficient (Wildman–Crippen LogP) is 3.51. The van der Waals surface area contributed by atoms with Crippen molar-refractivity contribution in [2.75, 3.05) is 12.9 Å². The van der Waals surface area contributed by atoms with Gasteiger partial charge in [-0.15, -0.1) is 11.8 Å². The Morgan fingerprint density at radius 1 is 1.12 bits per heavy atom. The summed E-state index contributed by atoms with van der Waals surface area (Å²) in [5, 5.41) is 10.6. The average molecular weight is 375 g/mol. The number of nitro groups is 1. The lowest BCUT2D eigenvalue weighted by Crippen LogP contribution is -2.25. The zero-order chi connectivity index (χ0) is 19.1. The Labute approximate surface area is 154 Å². The Morgan fingerprint density at radius 3 is 2.27 bits per heavy atom. The summed E-state index contributed by atoms with van der Waals surface area (Å²) in [4.78, 5) is 35.0. The molecule has 0 fully saturated rings. The SMILES string of the molecule is COc1ccc(C(=O)[C@@H](C)OC(=O)CSc2ccc([N+](=O)[O-])cc2)cc1. The Bertz CT molecular complexity index is 788. The third-order valence-electron chi connectivity index (χ3n) is 3.46. The number of ether oxygens (including phenoxy) is 2. The highest BCUT2D eigenvalue weighted by Gasteiger charge is 2.19. The van der Waals surface area contributed by atoms with Crippen LogP contribution in [-0.4, -0.2) is 35.6 Å². The standard InChI is InChI=1S/C18H17NO6S/c1-12(18(21)13-3-7-15(24-2)8-4-13)25-17(20)11-26-16-9-5-14(6-10-16)19(22)23/h3-10,12H,11H2,1-2H3/t12-/m1/s1. The molecule has 0 aliphatic carbocycles. The maximum Gasteiger partial charge on any atom is 0.316 e. The molecule has 0 aromatic heterocycles. The Kier molecular flexibility index (Phi) is 6.74. The number of esters is 1. The largest absolute Gasteiger partial charge is 0.497 e. The van der Waals surface area contributed by atoms with Gasteiger partial charge in [-0.25, -0.2) is 0 Å². The minimum absolute atomic E-state index is 0.00194. The van der Waals surface area contributed by atoms with Crippen LogP contribution in [0.5, 0.6) is 5.75 Å². The van der Waals surface area contributed by atoms with E-state index in [-0.39, 0.29) is 17.2 Å². The van der Waals surface area contributed by atoms with Crippen LogP contribution < -0.4 is 4.74 Å². The molecule has 26 heavy (non-hydrogen) atoms. The van der Waals surface area contributed by atoms with Crippen molar-refractivity contribution >= 4 is 29.2 Å². The van der Waals surface area contributed by atoms with Crippen LogP contribution in [0.2, 0.25) is 0 Å². The van der Waals surface area contributed by atoms with Crippen molar-refractivity contribution in [1.29, 1.82) is 0 Å². The summed E-state index contributed by atoms with van der Waals surface area (Å²) in [5.74, 6) is -0.215. The van der Waals surface area contributed by atoms with Crippen LogP contribution in [0.3, 0.4) is 0 Å². The van der Waals surface area contributed by atoms with Crippen molar-refractivity contribution < 1.29 is 24.0 Å². The van der Waals surface area contributed by atoms with Gasteiger partial charge in [0.25, 0.3) is 5.69 Å². The molecule has 0 spiro atoms. The first-order valence-electron chi connectivity index (χ1n) is 7.65. The summed E-state index contributed by atoms with van der Waals surface area (Å²) in [7, 11) is 1.53. The highest BCUT2D eigenvalue weighted by Crippen LogP contribution is 2.22. The van der Waals surface area contributed by atoms with Crippen LogP contribution in [0.4, 0.5) is 5.69 Å². The van der Waals surface area contributed by atoms with Crippen LogP contribution in [0, 0.1) is 10.1 Å². The van der Waals surface area contributed by atoms with Crippen LogP contribution in [-0.2, 0) is 9.53 Å². The minimum atomic E-state index is -0.909. The Hall–Kier alpha value is -2.87. The number of nitrogens with zero attached hydrogens (tertiary/aromatic N) is 1. The molecule has 0 aliphatic rings. The fraction of sp³-hybridized carbons (Fsp3) is 0.222. The monoisotopic (exact) mass is 375 g/mol. The third-order valence-corrected chi connectivity index (χ3v) is 4.44. The fourth-order valence-corrected chi connectivity index (χ4v) is 2.76. The molecule has 0 heterocycles. The van der Waals surface area contributed by atoms with E-state index in [1.165, 1.54) is 37.9 Å². The van der Waals surface area contributed by atoms with E-state index >= 15 is 0 Å². The van der Waals surface area contributed by atoms with Crippen molar-refractivity contribution in [1.82, 2.24) is 0 Å². The lowest BCUT2D eigenvalue weighted by molar-refractivity contribution is -0.384. The summed E-state index contributed by atoms with van der Waals surface area (Å²) in [6.07, 6.45) is -0.909. The first kappa shape index (κ1) is 19.5. The minimum Gasteiger partial charge on any atom is -0.497 e. The Balaban J connectivity index is 1.85. The molecule has 0 radical (unpaired) electrons. The van der Waals surface area contributed by atoms with E-state index in [0.29, 0.717) is 16.2 Å². The molecule has 7 nitrogen and oxygen atoms in total. The van der Waals surface area contributed by atoms with Crippen molar-refractivity contribution in [3.63, 3.8) is 0 Å². The number of thioether (sulfide) groups is 1. The van der Waals surface area contributed by atoms with Crippen molar-refractivity contribution in [2.24, 2.45) is 0 Å². The zero-order valence-corrected chi connectivity index (χ0v) is 15.0. The fourth-order valence-electron chi connectivity index (χ4n) is 2.08. The van der Waals surface area contributed by atoms with E-state index in [2.05, 4.69) is 0 Å². The summed E-state index contributed by atoms with van der Waals surface area (Å²) in [6, 6.07) is 12.4. The van der Waals surface area contributed by atoms with Gasteiger partial charge in [0.1, 0.15) is 5.75 Å². The molecule has 2 rings (SSSR count). The molecule has 0 unspecified atom stereocenters. The van der Waals surface area contributed by atoms with Crippen LogP contribution in [0.25, 0.3) is 0 Å². The molecule has 0 saturated carbocycles. The van der Waals surface area contributed by atoms with Gasteiger partial charge in [-0.05, 0) is 43.3 Å². The van der Waals surface area contributed by atoms with E-state index in [0.717, 1.165) is 0 Å². The van der Waals surface area contributed by atoms with E-state index in [4.69, 9.17) is 9.47 Å². The lowest BCUT2D eigenvalue weighted by atomic mass is 10.1. The van der Waals surface area contributed by atoms with Crippen LogP contribution >= 0.6 is 11.8 Å². The number of methoxy groups -OCH3 is 1. The van der Waals surface area contributed by atoms with Crippen molar-refractivity contribution in [2.45, 2.75) is 17.9 Å². The van der Waals surface area contributed by atoms with E-state index in [9.17, 15) is 19.7 Å². The van der Waals surface area contributed by atoms with Crippen LogP contribution in [0.1, 0.15) is 17.3 Å². The Morgan fingerprint density at radius 2 is 1.73 bits per heavy atom. The zero-order valence-electron chi connectivity index (χ0n) is 14.2. The highest BCUT2D eigenvalue weighted by molar-refractivity contribution is 8.00. The number of non-ortho nitro benzene ring substituents is 1. The molecular weight excluding hydrogens is 358 g/mol. The molecule has 8 heteroatoms. The number of ketones is 1. The number of hydrogen-bond donors (Lipinski definition) is 0. The molecule has 0 amide bonds. The van der Waals surface area contributed by atoms with Gasteiger partial charge in [0.2, 0.25) is 5.78 Å². The first-order valence-corrected chi connectivity index (χ1v) is 8.64. The quantitative estimate of drug-likeness (QED) is 0.229. The second kappa shape index (κ2) is 9.00. The molecule has 1 atom stereocenters. The highest BCUT2D eigenvalue weighted by atomic mass is 32.2. The molecule has 136 valence electrons. The predicted molar refractivity (Wildman–Crippen MR) is 96.7 cm³/mol. The third kappa shape index (κ3) is 5.32. The molecule has 0 N–H and O–H groups in total. The van der Waals surface area contributed by atoms with Gasteiger partial charge in [0.15, 0.2) is 6.10 Å². The number of hydrogen-bond acceptors (Lipinski definition) is 7. The van der Waals surface area contributed by atoms with E-state index in [1.807, 2.05) is 0 Å². The van der Waals surface area contributed by atoms with Gasteiger partial charge in [0.05, 0.1) is 17.8 Å². The van der Waals surface area contributed by atoms with E-state index in [1.54, 1.807) is 36.4 Å². The lowest BCUT2D eigenvalue weighted by Gasteiger charge is -2.12. The van der Waals surface area contributed by atoms with Gasteiger partial charge in [-0.3, -0.25) is 19.7 Å². The summed E-state index contributed by atoms with van der Waals surface area (Å²) in [5.41, 5.74) is 0.407. The van der Waals surface area contributed by atoms with Gasteiger partial charge < -0.3 is 9.47 Å². The maximum atomic E-state index is 12.3. The van der Waals surface area contributed by atoms with Crippen molar-refractivity contribution in [3.8, 4) is 5.75 Å². The smallest absolute Gasteiger partial charge is 0.316 e. The number of nitro benzene ring substituents is 1. The molecule has 2 aromatic rings. The number of benzene rings is 2. The molecule has 2 aromatic carbocycles. The molecule has 0 bridgehead atoms. The first-order chi connectivity index (χ1) is 12.4. The van der Waals surface area contributed by atoms with Gasteiger partial charge in [-0.2, -0.15) is 0 Å². The van der Waals surface area contributed by atoms with Gasteiger partial charge in [-0.1, -0.05) is 0 Å². The number of rotatable bonds is 8. The van der Waals surface area contributed by atoms with Gasteiger partial charge >= 0.3 is 5.97 Å². The topological polar surface area (TPSA) is 95.7 Å². The molecule has 0 saturated heterocycles. The molecular formula is C18H17NO6S. The maximum absolute atomic E-state index is 12.3. The normalized spacial score (nSPS) is 11.5. The number of Topliss-reactive ketones (excluding diaryl/α,β-unsaturated/α-hetero) is 1.